The zero-order chi connectivity index (χ0) is 9.10. The van der Waals surface area contributed by atoms with Crippen LogP contribution in [0.1, 0.15) is 4.88 Å². The van der Waals surface area contributed by atoms with E-state index < -0.39 is 0 Å². The SMILES string of the molecule is NCc1cnc(N2CCOCC2)s1. The Labute approximate surface area is 81.3 Å². The van der Waals surface area contributed by atoms with E-state index in [1.54, 1.807) is 11.3 Å². The number of morpholine rings is 1. The molecule has 13 heavy (non-hydrogen) atoms. The van der Waals surface area contributed by atoms with Crippen LogP contribution in [0.3, 0.4) is 0 Å². The van der Waals surface area contributed by atoms with E-state index in [-0.39, 0.29) is 0 Å². The van der Waals surface area contributed by atoms with Crippen LogP contribution < -0.4 is 10.6 Å². The van der Waals surface area contributed by atoms with Crippen LogP contribution in [0.2, 0.25) is 0 Å². The predicted molar refractivity (Wildman–Crippen MR) is 53.0 cm³/mol. The van der Waals surface area contributed by atoms with Crippen molar-refractivity contribution >= 4 is 16.5 Å². The summed E-state index contributed by atoms with van der Waals surface area (Å²) in [5, 5.41) is 1.07. The molecule has 2 heterocycles. The fourth-order valence-corrected chi connectivity index (χ4v) is 2.13. The minimum absolute atomic E-state index is 0.585. The van der Waals surface area contributed by atoms with Crippen LogP contribution in [0.4, 0.5) is 5.13 Å². The van der Waals surface area contributed by atoms with Crippen LogP contribution in [0, 0.1) is 0 Å². The summed E-state index contributed by atoms with van der Waals surface area (Å²) in [6.45, 7) is 4.08. The highest BCUT2D eigenvalue weighted by molar-refractivity contribution is 7.15. The van der Waals surface area contributed by atoms with Gasteiger partial charge in [-0.3, -0.25) is 0 Å². The maximum atomic E-state index is 5.52. The molecule has 1 aromatic rings. The van der Waals surface area contributed by atoms with E-state index >= 15 is 0 Å². The average Bonchev–Trinajstić information content (AvgIpc) is 2.67. The molecular formula is C8H13N3OS. The maximum absolute atomic E-state index is 5.52. The molecule has 0 unspecified atom stereocenters. The molecule has 5 heteroatoms. The monoisotopic (exact) mass is 199 g/mol. The lowest BCUT2D eigenvalue weighted by Crippen LogP contribution is -2.36. The van der Waals surface area contributed by atoms with Crippen molar-refractivity contribution in [2.45, 2.75) is 6.54 Å². The fraction of sp³-hybridized carbons (Fsp3) is 0.625. The predicted octanol–water partition coefficient (Wildman–Crippen LogP) is 0.438. The summed E-state index contributed by atoms with van der Waals surface area (Å²) < 4.78 is 5.26. The van der Waals surface area contributed by atoms with Gasteiger partial charge < -0.3 is 15.4 Å². The van der Waals surface area contributed by atoms with E-state index in [0.717, 1.165) is 36.3 Å². The number of thiazole rings is 1. The summed E-state index contributed by atoms with van der Waals surface area (Å²) in [4.78, 5) is 7.70. The third-order valence-electron chi connectivity index (χ3n) is 2.02. The lowest BCUT2D eigenvalue weighted by Gasteiger charge is -2.25. The molecule has 0 radical (unpaired) electrons. The molecule has 0 saturated carbocycles. The second-order valence-corrected chi connectivity index (χ2v) is 4.01. The molecule has 0 amide bonds. The van der Waals surface area contributed by atoms with Crippen molar-refractivity contribution < 1.29 is 4.74 Å². The summed E-state index contributed by atoms with van der Waals surface area (Å²) in [7, 11) is 0. The number of nitrogens with zero attached hydrogens (tertiary/aromatic N) is 2. The van der Waals surface area contributed by atoms with Gasteiger partial charge in [0.25, 0.3) is 0 Å². The fourth-order valence-electron chi connectivity index (χ4n) is 1.29. The topological polar surface area (TPSA) is 51.4 Å². The molecule has 2 N–H and O–H groups in total. The second kappa shape index (κ2) is 4.04. The van der Waals surface area contributed by atoms with Crippen molar-refractivity contribution in [2.24, 2.45) is 5.73 Å². The normalized spacial score (nSPS) is 17.8. The van der Waals surface area contributed by atoms with Gasteiger partial charge in [-0.25, -0.2) is 4.98 Å². The molecule has 0 bridgehead atoms. The Hall–Kier alpha value is -0.650. The Morgan fingerprint density at radius 3 is 2.92 bits per heavy atom. The minimum atomic E-state index is 0.585. The molecule has 72 valence electrons. The molecule has 4 nitrogen and oxygen atoms in total. The Bertz CT molecular complexity index is 270. The Kier molecular flexibility index (Phi) is 2.77. The number of aromatic nitrogens is 1. The Morgan fingerprint density at radius 1 is 1.54 bits per heavy atom. The van der Waals surface area contributed by atoms with E-state index in [9.17, 15) is 0 Å². The van der Waals surface area contributed by atoms with Gasteiger partial charge in [-0.2, -0.15) is 0 Å². The zero-order valence-corrected chi connectivity index (χ0v) is 8.22. The molecule has 1 aliphatic rings. The lowest BCUT2D eigenvalue weighted by molar-refractivity contribution is 0.122. The van der Waals surface area contributed by atoms with Gasteiger partial charge in [0.2, 0.25) is 0 Å². The number of anilines is 1. The third kappa shape index (κ3) is 1.99. The smallest absolute Gasteiger partial charge is 0.185 e. The number of hydrogen-bond donors (Lipinski definition) is 1. The number of hydrogen-bond acceptors (Lipinski definition) is 5. The first-order valence-corrected chi connectivity index (χ1v) is 5.19. The van der Waals surface area contributed by atoms with Gasteiger partial charge in [0.1, 0.15) is 0 Å². The molecular weight excluding hydrogens is 186 g/mol. The average molecular weight is 199 g/mol. The first kappa shape index (κ1) is 8.93. The highest BCUT2D eigenvalue weighted by atomic mass is 32.1. The van der Waals surface area contributed by atoms with Crippen LogP contribution in [0.5, 0.6) is 0 Å². The summed E-state index contributed by atoms with van der Waals surface area (Å²) in [5.74, 6) is 0. The summed E-state index contributed by atoms with van der Waals surface area (Å²) in [6, 6.07) is 0. The molecule has 0 spiro atoms. The van der Waals surface area contributed by atoms with Crippen LogP contribution in [-0.4, -0.2) is 31.3 Å². The lowest BCUT2D eigenvalue weighted by atomic mass is 10.5. The van der Waals surface area contributed by atoms with Gasteiger partial charge in [0.05, 0.1) is 13.2 Å². The van der Waals surface area contributed by atoms with Gasteiger partial charge in [-0.15, -0.1) is 11.3 Å². The second-order valence-electron chi connectivity index (χ2n) is 2.91. The first-order chi connectivity index (χ1) is 6.40. The van der Waals surface area contributed by atoms with Gasteiger partial charge in [0.15, 0.2) is 5.13 Å². The van der Waals surface area contributed by atoms with Crippen molar-refractivity contribution in [3.8, 4) is 0 Å². The van der Waals surface area contributed by atoms with Gasteiger partial charge in [-0.1, -0.05) is 0 Å². The zero-order valence-electron chi connectivity index (χ0n) is 7.40. The molecule has 1 aromatic heterocycles. The van der Waals surface area contributed by atoms with Gasteiger partial charge in [-0.05, 0) is 0 Å². The van der Waals surface area contributed by atoms with Gasteiger partial charge in [0, 0.05) is 30.7 Å². The van der Waals surface area contributed by atoms with E-state index in [0.29, 0.717) is 6.54 Å². The van der Waals surface area contributed by atoms with E-state index in [2.05, 4.69) is 9.88 Å². The summed E-state index contributed by atoms with van der Waals surface area (Å²) in [6.07, 6.45) is 1.86. The molecule has 0 atom stereocenters. The molecule has 1 fully saturated rings. The Balaban J connectivity index is 2.05. The van der Waals surface area contributed by atoms with E-state index in [4.69, 9.17) is 10.5 Å². The standard InChI is InChI=1S/C8H13N3OS/c9-5-7-6-10-8(13-7)11-1-3-12-4-2-11/h6H,1-5,9H2. The summed E-state index contributed by atoms with van der Waals surface area (Å²) in [5.41, 5.74) is 5.52. The maximum Gasteiger partial charge on any atom is 0.185 e. The quantitative estimate of drug-likeness (QED) is 0.751. The summed E-state index contributed by atoms with van der Waals surface area (Å²) >= 11 is 1.67. The third-order valence-corrected chi connectivity index (χ3v) is 3.10. The van der Waals surface area contributed by atoms with Crippen molar-refractivity contribution in [3.63, 3.8) is 0 Å². The van der Waals surface area contributed by atoms with Crippen LogP contribution >= 0.6 is 11.3 Å². The van der Waals surface area contributed by atoms with Crippen LogP contribution in [0.15, 0.2) is 6.20 Å². The van der Waals surface area contributed by atoms with Crippen molar-refractivity contribution in [3.05, 3.63) is 11.1 Å². The van der Waals surface area contributed by atoms with E-state index in [1.165, 1.54) is 0 Å². The van der Waals surface area contributed by atoms with Crippen molar-refractivity contribution in [1.82, 2.24) is 4.98 Å². The molecule has 0 aliphatic carbocycles. The van der Waals surface area contributed by atoms with Gasteiger partial charge >= 0.3 is 0 Å². The van der Waals surface area contributed by atoms with Crippen LogP contribution in [0.25, 0.3) is 0 Å². The Morgan fingerprint density at radius 2 is 2.31 bits per heavy atom. The number of rotatable bonds is 2. The molecule has 1 saturated heterocycles. The number of ether oxygens (including phenoxy) is 1. The highest BCUT2D eigenvalue weighted by Crippen LogP contribution is 2.22. The molecule has 2 rings (SSSR count). The highest BCUT2D eigenvalue weighted by Gasteiger charge is 2.13. The van der Waals surface area contributed by atoms with Crippen molar-refractivity contribution in [1.29, 1.82) is 0 Å². The van der Waals surface area contributed by atoms with Crippen LogP contribution in [-0.2, 0) is 11.3 Å². The number of nitrogens with two attached hydrogens (primary N) is 1. The van der Waals surface area contributed by atoms with Crippen molar-refractivity contribution in [2.75, 3.05) is 31.2 Å². The van der Waals surface area contributed by atoms with E-state index in [1.807, 2.05) is 6.20 Å². The minimum Gasteiger partial charge on any atom is -0.378 e. The first-order valence-electron chi connectivity index (χ1n) is 4.37. The largest absolute Gasteiger partial charge is 0.378 e. The molecule has 1 aliphatic heterocycles. The molecule has 0 aromatic carbocycles.